The van der Waals surface area contributed by atoms with Gasteiger partial charge in [-0.25, -0.2) is 0 Å². The van der Waals surface area contributed by atoms with E-state index >= 15 is 0 Å². The molecule has 0 aliphatic heterocycles. The summed E-state index contributed by atoms with van der Waals surface area (Å²) in [5.74, 6) is 2.07. The van der Waals surface area contributed by atoms with E-state index < -0.39 is 0 Å². The summed E-state index contributed by atoms with van der Waals surface area (Å²) in [6.45, 7) is 2.16. The summed E-state index contributed by atoms with van der Waals surface area (Å²) in [5, 5.41) is 5.72. The van der Waals surface area contributed by atoms with E-state index in [1.807, 2.05) is 19.1 Å². The fourth-order valence-corrected chi connectivity index (χ4v) is 3.06. The van der Waals surface area contributed by atoms with Gasteiger partial charge in [-0.15, -0.1) is 0 Å². The molecule has 2 rings (SSSR count). The molecular formula is C23H30N2O6. The summed E-state index contributed by atoms with van der Waals surface area (Å²) in [4.78, 5) is 24.6. The van der Waals surface area contributed by atoms with E-state index in [9.17, 15) is 9.59 Å². The van der Waals surface area contributed by atoms with Crippen LogP contribution in [0, 0.1) is 0 Å². The Morgan fingerprint density at radius 1 is 0.742 bits per heavy atom. The van der Waals surface area contributed by atoms with Gasteiger partial charge < -0.3 is 29.6 Å². The lowest BCUT2D eigenvalue weighted by Crippen LogP contribution is -2.42. The van der Waals surface area contributed by atoms with Gasteiger partial charge >= 0.3 is 0 Å². The van der Waals surface area contributed by atoms with Crippen molar-refractivity contribution in [2.45, 2.75) is 25.8 Å². The first kappa shape index (κ1) is 23.9. The predicted molar refractivity (Wildman–Crippen MR) is 117 cm³/mol. The number of rotatable bonds is 11. The Morgan fingerprint density at radius 3 is 1.65 bits per heavy atom. The van der Waals surface area contributed by atoms with Crippen molar-refractivity contribution in [1.29, 1.82) is 0 Å². The standard InChI is InChI=1S/C23H30N2O6/c1-15(25-23(27)13-17-7-9-19(29-3)21(11-17)31-5)14-24-22(26)12-16-6-8-18(28-2)20(10-16)30-4/h6-11,15H,12-14H2,1-5H3,(H,24,26)(H,25,27). The number of nitrogens with one attached hydrogen (secondary N) is 2. The number of ether oxygens (including phenoxy) is 4. The molecule has 0 spiro atoms. The number of benzene rings is 2. The molecule has 0 saturated heterocycles. The molecule has 0 radical (unpaired) electrons. The molecule has 8 nitrogen and oxygen atoms in total. The van der Waals surface area contributed by atoms with Gasteiger partial charge in [0.05, 0.1) is 41.3 Å². The molecule has 2 aromatic rings. The molecule has 168 valence electrons. The molecular weight excluding hydrogens is 400 g/mol. The van der Waals surface area contributed by atoms with Crippen molar-refractivity contribution in [3.8, 4) is 23.0 Å². The van der Waals surface area contributed by atoms with Crippen molar-refractivity contribution >= 4 is 11.8 Å². The van der Waals surface area contributed by atoms with Gasteiger partial charge in [0.25, 0.3) is 0 Å². The summed E-state index contributed by atoms with van der Waals surface area (Å²) in [6, 6.07) is 10.5. The number of amides is 2. The van der Waals surface area contributed by atoms with Crippen LogP contribution in [0.2, 0.25) is 0 Å². The first-order valence-corrected chi connectivity index (χ1v) is 9.88. The Kier molecular flexibility index (Phi) is 8.99. The molecule has 0 heterocycles. The molecule has 8 heteroatoms. The minimum atomic E-state index is -0.220. The zero-order valence-corrected chi connectivity index (χ0v) is 18.6. The van der Waals surface area contributed by atoms with E-state index in [-0.39, 0.29) is 30.7 Å². The normalized spacial score (nSPS) is 11.3. The van der Waals surface area contributed by atoms with Crippen LogP contribution < -0.4 is 29.6 Å². The molecule has 0 aromatic heterocycles. The smallest absolute Gasteiger partial charge is 0.224 e. The Labute approximate surface area is 182 Å². The lowest BCUT2D eigenvalue weighted by Gasteiger charge is -2.16. The quantitative estimate of drug-likeness (QED) is 0.567. The number of hydrogen-bond donors (Lipinski definition) is 2. The zero-order valence-electron chi connectivity index (χ0n) is 18.6. The summed E-state index contributed by atoms with van der Waals surface area (Å²) in [6.07, 6.45) is 0.400. The van der Waals surface area contributed by atoms with E-state index in [1.165, 1.54) is 0 Å². The maximum atomic E-state index is 12.3. The van der Waals surface area contributed by atoms with E-state index in [0.29, 0.717) is 29.5 Å². The third kappa shape index (κ3) is 7.09. The molecule has 31 heavy (non-hydrogen) atoms. The highest BCUT2D eigenvalue weighted by Gasteiger charge is 2.13. The van der Waals surface area contributed by atoms with Gasteiger partial charge in [0.1, 0.15) is 0 Å². The average Bonchev–Trinajstić information content (AvgIpc) is 2.77. The predicted octanol–water partition coefficient (Wildman–Crippen LogP) is 2.13. The summed E-state index contributed by atoms with van der Waals surface area (Å²) in [5.41, 5.74) is 1.61. The van der Waals surface area contributed by atoms with Crippen LogP contribution in [-0.4, -0.2) is 52.8 Å². The Morgan fingerprint density at radius 2 is 1.19 bits per heavy atom. The third-order valence-electron chi connectivity index (χ3n) is 4.64. The summed E-state index contributed by atoms with van der Waals surface area (Å²) < 4.78 is 20.9. The van der Waals surface area contributed by atoms with Crippen molar-refractivity contribution in [2.75, 3.05) is 35.0 Å². The van der Waals surface area contributed by atoms with Crippen LogP contribution in [0.1, 0.15) is 18.1 Å². The molecule has 0 saturated carbocycles. The van der Waals surface area contributed by atoms with Crippen molar-refractivity contribution in [1.82, 2.24) is 10.6 Å². The van der Waals surface area contributed by atoms with Crippen molar-refractivity contribution in [3.63, 3.8) is 0 Å². The maximum Gasteiger partial charge on any atom is 0.224 e. The van der Waals surface area contributed by atoms with Gasteiger partial charge in [0.15, 0.2) is 23.0 Å². The zero-order chi connectivity index (χ0) is 22.8. The largest absolute Gasteiger partial charge is 0.493 e. The number of carbonyl (C=O) groups is 2. The molecule has 0 bridgehead atoms. The van der Waals surface area contributed by atoms with Crippen LogP contribution in [-0.2, 0) is 22.4 Å². The Bertz CT molecular complexity index is 900. The van der Waals surface area contributed by atoms with Crippen LogP contribution in [0.3, 0.4) is 0 Å². The van der Waals surface area contributed by atoms with Gasteiger partial charge in [0.2, 0.25) is 11.8 Å². The van der Waals surface area contributed by atoms with Gasteiger partial charge in [-0.05, 0) is 42.3 Å². The summed E-state index contributed by atoms with van der Waals surface area (Å²) in [7, 11) is 6.22. The van der Waals surface area contributed by atoms with Crippen LogP contribution in [0.4, 0.5) is 0 Å². The van der Waals surface area contributed by atoms with Crippen molar-refractivity contribution < 1.29 is 28.5 Å². The van der Waals surface area contributed by atoms with E-state index in [0.717, 1.165) is 11.1 Å². The molecule has 0 fully saturated rings. The van der Waals surface area contributed by atoms with Gasteiger partial charge in [-0.1, -0.05) is 12.1 Å². The van der Waals surface area contributed by atoms with Gasteiger partial charge in [-0.2, -0.15) is 0 Å². The minimum absolute atomic E-state index is 0.145. The average molecular weight is 431 g/mol. The monoisotopic (exact) mass is 430 g/mol. The number of carbonyl (C=O) groups excluding carboxylic acids is 2. The molecule has 2 N–H and O–H groups in total. The van der Waals surface area contributed by atoms with E-state index in [4.69, 9.17) is 18.9 Å². The Hall–Kier alpha value is -3.42. The lowest BCUT2D eigenvalue weighted by molar-refractivity contribution is -0.122. The second-order valence-electron chi connectivity index (χ2n) is 7.00. The SMILES string of the molecule is COc1ccc(CC(=O)NCC(C)NC(=O)Cc2ccc(OC)c(OC)c2)cc1OC. The highest BCUT2D eigenvalue weighted by atomic mass is 16.5. The molecule has 1 unspecified atom stereocenters. The minimum Gasteiger partial charge on any atom is -0.493 e. The fourth-order valence-electron chi connectivity index (χ4n) is 3.06. The molecule has 0 aliphatic rings. The first-order chi connectivity index (χ1) is 14.9. The van der Waals surface area contributed by atoms with Gasteiger partial charge in [-0.3, -0.25) is 9.59 Å². The van der Waals surface area contributed by atoms with E-state index in [1.54, 1.807) is 52.7 Å². The highest BCUT2D eigenvalue weighted by Crippen LogP contribution is 2.28. The molecule has 0 aliphatic carbocycles. The second-order valence-corrected chi connectivity index (χ2v) is 7.00. The Balaban J connectivity index is 1.81. The third-order valence-corrected chi connectivity index (χ3v) is 4.64. The molecule has 2 amide bonds. The van der Waals surface area contributed by atoms with Crippen molar-refractivity contribution in [3.05, 3.63) is 47.5 Å². The highest BCUT2D eigenvalue weighted by molar-refractivity contribution is 5.80. The lowest BCUT2D eigenvalue weighted by atomic mass is 10.1. The van der Waals surface area contributed by atoms with Crippen molar-refractivity contribution in [2.24, 2.45) is 0 Å². The topological polar surface area (TPSA) is 95.1 Å². The fraction of sp³-hybridized carbons (Fsp3) is 0.391. The van der Waals surface area contributed by atoms with Crippen LogP contribution in [0.25, 0.3) is 0 Å². The van der Waals surface area contributed by atoms with Crippen LogP contribution >= 0.6 is 0 Å². The maximum absolute atomic E-state index is 12.3. The van der Waals surface area contributed by atoms with Gasteiger partial charge in [0, 0.05) is 12.6 Å². The van der Waals surface area contributed by atoms with Crippen LogP contribution in [0.15, 0.2) is 36.4 Å². The molecule has 1 atom stereocenters. The summed E-state index contributed by atoms with van der Waals surface area (Å²) >= 11 is 0. The second kappa shape index (κ2) is 11.7. The first-order valence-electron chi connectivity index (χ1n) is 9.88. The number of hydrogen-bond acceptors (Lipinski definition) is 6. The van der Waals surface area contributed by atoms with Crippen LogP contribution in [0.5, 0.6) is 23.0 Å². The molecule has 2 aromatic carbocycles. The number of methoxy groups -OCH3 is 4. The van der Waals surface area contributed by atoms with E-state index in [2.05, 4.69) is 10.6 Å².